The minimum absolute atomic E-state index is 0.0309. The molecule has 1 aromatic heterocycles. The van der Waals surface area contributed by atoms with E-state index in [1.807, 2.05) is 42.5 Å². The van der Waals surface area contributed by atoms with Crippen molar-refractivity contribution in [2.45, 2.75) is 31.3 Å². The van der Waals surface area contributed by atoms with Gasteiger partial charge in [0, 0.05) is 9.32 Å². The number of unbranched alkanes of at least 4 members (excludes halogenated alkanes) is 2. The Hall–Kier alpha value is -1.54. The number of halogens is 1. The maximum absolute atomic E-state index is 13.2. The zero-order chi connectivity index (χ0) is 18.5. The Kier molecular flexibility index (Phi) is 6.58. The second-order valence-corrected chi connectivity index (χ2v) is 8.26. The van der Waals surface area contributed by atoms with Crippen LogP contribution in [0.3, 0.4) is 0 Å². The maximum Gasteiger partial charge on any atom is 0.266 e. The number of rotatable bonds is 7. The van der Waals surface area contributed by atoms with Gasteiger partial charge in [-0.2, -0.15) is 0 Å². The van der Waals surface area contributed by atoms with E-state index in [4.69, 9.17) is 9.72 Å². The molecule has 0 bridgehead atoms. The van der Waals surface area contributed by atoms with Crippen molar-refractivity contribution in [1.29, 1.82) is 0 Å². The van der Waals surface area contributed by atoms with E-state index >= 15 is 0 Å². The monoisotopic (exact) mass is 480 g/mol. The molecule has 4 nitrogen and oxygen atoms in total. The van der Waals surface area contributed by atoms with Crippen LogP contribution in [0.1, 0.15) is 26.2 Å². The predicted molar refractivity (Wildman–Crippen MR) is 117 cm³/mol. The van der Waals surface area contributed by atoms with Crippen molar-refractivity contribution in [1.82, 2.24) is 9.55 Å². The van der Waals surface area contributed by atoms with Crippen LogP contribution in [-0.2, 0) is 0 Å². The van der Waals surface area contributed by atoms with Gasteiger partial charge < -0.3 is 4.74 Å². The minimum atomic E-state index is -0.0309. The average molecular weight is 480 g/mol. The second kappa shape index (κ2) is 8.90. The summed E-state index contributed by atoms with van der Waals surface area (Å²) >= 11 is 3.87. The molecule has 0 fully saturated rings. The first-order valence-corrected chi connectivity index (χ1v) is 10.7. The third-order valence-corrected chi connectivity index (χ3v) is 5.81. The third kappa shape index (κ3) is 4.23. The molecule has 26 heavy (non-hydrogen) atoms. The minimum Gasteiger partial charge on any atom is -0.497 e. The zero-order valence-corrected chi connectivity index (χ0v) is 17.8. The topological polar surface area (TPSA) is 44.1 Å². The van der Waals surface area contributed by atoms with Crippen LogP contribution < -0.4 is 10.3 Å². The summed E-state index contributed by atoms with van der Waals surface area (Å²) < 4.78 is 7.98. The van der Waals surface area contributed by atoms with Crippen LogP contribution in [0.15, 0.2) is 52.4 Å². The average Bonchev–Trinajstić information content (AvgIpc) is 2.66. The highest BCUT2D eigenvalue weighted by atomic mass is 127. The number of hydrogen-bond acceptors (Lipinski definition) is 4. The van der Waals surface area contributed by atoms with E-state index in [0.717, 1.165) is 37.9 Å². The first kappa shape index (κ1) is 19.2. The Balaban J connectivity index is 2.12. The number of aromatic nitrogens is 2. The first-order valence-electron chi connectivity index (χ1n) is 8.63. The first-order chi connectivity index (χ1) is 12.6. The number of nitrogens with zero attached hydrogens (tertiary/aromatic N) is 2. The highest BCUT2D eigenvalue weighted by Gasteiger charge is 2.14. The molecule has 0 aliphatic heterocycles. The summed E-state index contributed by atoms with van der Waals surface area (Å²) in [5.74, 6) is 1.72. The number of benzene rings is 2. The van der Waals surface area contributed by atoms with E-state index < -0.39 is 0 Å². The fourth-order valence-electron chi connectivity index (χ4n) is 2.71. The van der Waals surface area contributed by atoms with Crippen molar-refractivity contribution >= 4 is 45.3 Å². The molecule has 0 spiro atoms. The standard InChI is InChI=1S/C20H21IN2O2S/c1-3-4-5-12-26-20-22-18-11-6-14(21)13-17(18)19(24)23(20)15-7-9-16(25-2)10-8-15/h6-11,13H,3-5,12H2,1-2H3. The molecule has 0 saturated carbocycles. The quantitative estimate of drug-likeness (QED) is 0.200. The molecule has 0 N–H and O–H groups in total. The zero-order valence-electron chi connectivity index (χ0n) is 14.9. The lowest BCUT2D eigenvalue weighted by Crippen LogP contribution is -2.22. The van der Waals surface area contributed by atoms with Crippen molar-refractivity contribution in [3.05, 3.63) is 56.4 Å². The van der Waals surface area contributed by atoms with Gasteiger partial charge in [-0.25, -0.2) is 4.98 Å². The highest BCUT2D eigenvalue weighted by Crippen LogP contribution is 2.24. The number of fused-ring (bicyclic) bond motifs is 1. The van der Waals surface area contributed by atoms with Crippen LogP contribution in [0.25, 0.3) is 16.6 Å². The number of thioether (sulfide) groups is 1. The second-order valence-electron chi connectivity index (χ2n) is 5.95. The van der Waals surface area contributed by atoms with Crippen LogP contribution in [-0.4, -0.2) is 22.4 Å². The lowest BCUT2D eigenvalue weighted by molar-refractivity contribution is 0.414. The molecular weight excluding hydrogens is 459 g/mol. The molecule has 3 rings (SSSR count). The molecule has 0 amide bonds. The number of methoxy groups -OCH3 is 1. The summed E-state index contributed by atoms with van der Waals surface area (Å²) in [4.78, 5) is 18.0. The Bertz CT molecular complexity index is 954. The normalized spacial score (nSPS) is 11.0. The van der Waals surface area contributed by atoms with E-state index in [-0.39, 0.29) is 5.56 Å². The molecule has 6 heteroatoms. The number of hydrogen-bond donors (Lipinski definition) is 0. The Morgan fingerprint density at radius 3 is 2.62 bits per heavy atom. The summed E-state index contributed by atoms with van der Waals surface area (Å²) in [5, 5.41) is 1.38. The van der Waals surface area contributed by atoms with Crippen LogP contribution in [0.4, 0.5) is 0 Å². The van der Waals surface area contributed by atoms with Gasteiger partial charge in [0.15, 0.2) is 5.16 Å². The Labute approximate surface area is 171 Å². The summed E-state index contributed by atoms with van der Waals surface area (Å²) in [6.07, 6.45) is 3.48. The van der Waals surface area contributed by atoms with Gasteiger partial charge in [-0.1, -0.05) is 31.5 Å². The molecule has 3 aromatic rings. The lowest BCUT2D eigenvalue weighted by atomic mass is 10.2. The van der Waals surface area contributed by atoms with E-state index in [9.17, 15) is 4.79 Å². The largest absolute Gasteiger partial charge is 0.497 e. The van der Waals surface area contributed by atoms with Gasteiger partial charge in [-0.05, 0) is 71.5 Å². The van der Waals surface area contributed by atoms with Gasteiger partial charge >= 0.3 is 0 Å². The smallest absolute Gasteiger partial charge is 0.266 e. The molecule has 0 aliphatic rings. The van der Waals surface area contributed by atoms with Crippen molar-refractivity contribution < 1.29 is 4.74 Å². The predicted octanol–water partition coefficient (Wildman–Crippen LogP) is 5.28. The van der Waals surface area contributed by atoms with Gasteiger partial charge in [0.05, 0.1) is 23.7 Å². The Morgan fingerprint density at radius 2 is 1.92 bits per heavy atom. The molecule has 0 radical (unpaired) electrons. The van der Waals surface area contributed by atoms with Crippen LogP contribution in [0.5, 0.6) is 5.75 Å². The summed E-state index contributed by atoms with van der Waals surface area (Å²) in [7, 11) is 1.63. The molecule has 0 saturated heterocycles. The summed E-state index contributed by atoms with van der Waals surface area (Å²) in [5.41, 5.74) is 1.52. The van der Waals surface area contributed by atoms with E-state index in [2.05, 4.69) is 29.5 Å². The fraction of sp³-hybridized carbons (Fsp3) is 0.300. The third-order valence-electron chi connectivity index (χ3n) is 4.11. The van der Waals surface area contributed by atoms with E-state index in [1.165, 1.54) is 12.8 Å². The van der Waals surface area contributed by atoms with Crippen LogP contribution in [0.2, 0.25) is 0 Å². The molecule has 0 aliphatic carbocycles. The van der Waals surface area contributed by atoms with Gasteiger partial charge in [-0.3, -0.25) is 9.36 Å². The Morgan fingerprint density at radius 1 is 1.15 bits per heavy atom. The van der Waals surface area contributed by atoms with Crippen LogP contribution in [0, 0.1) is 3.57 Å². The van der Waals surface area contributed by atoms with E-state index in [1.54, 1.807) is 23.4 Å². The SMILES string of the molecule is CCCCCSc1nc2ccc(I)cc2c(=O)n1-c1ccc(OC)cc1. The van der Waals surface area contributed by atoms with Crippen molar-refractivity contribution in [3.63, 3.8) is 0 Å². The van der Waals surface area contributed by atoms with Crippen molar-refractivity contribution in [2.24, 2.45) is 0 Å². The van der Waals surface area contributed by atoms with E-state index in [0.29, 0.717) is 5.39 Å². The summed E-state index contributed by atoms with van der Waals surface area (Å²) in [6, 6.07) is 13.3. The van der Waals surface area contributed by atoms with Gasteiger partial charge in [0.1, 0.15) is 5.75 Å². The van der Waals surface area contributed by atoms with Crippen molar-refractivity contribution in [3.8, 4) is 11.4 Å². The molecule has 1 heterocycles. The van der Waals surface area contributed by atoms with Crippen molar-refractivity contribution in [2.75, 3.05) is 12.9 Å². The molecule has 0 unspecified atom stereocenters. The highest BCUT2D eigenvalue weighted by molar-refractivity contribution is 14.1. The molecular formula is C20H21IN2O2S. The van der Waals surface area contributed by atoms with Gasteiger partial charge in [0.25, 0.3) is 5.56 Å². The lowest BCUT2D eigenvalue weighted by Gasteiger charge is -2.14. The molecule has 2 aromatic carbocycles. The maximum atomic E-state index is 13.2. The number of ether oxygens (including phenoxy) is 1. The van der Waals surface area contributed by atoms with Gasteiger partial charge in [-0.15, -0.1) is 0 Å². The summed E-state index contributed by atoms with van der Waals surface area (Å²) in [6.45, 7) is 2.19. The fourth-order valence-corrected chi connectivity index (χ4v) is 4.21. The molecule has 136 valence electrons. The van der Waals surface area contributed by atoms with Gasteiger partial charge in [0.2, 0.25) is 0 Å². The van der Waals surface area contributed by atoms with Crippen LogP contribution >= 0.6 is 34.4 Å². The molecule has 0 atom stereocenters.